The van der Waals surface area contributed by atoms with E-state index in [0.717, 1.165) is 6.42 Å². The van der Waals surface area contributed by atoms with Gasteiger partial charge in [0.1, 0.15) is 0 Å². The van der Waals surface area contributed by atoms with Crippen LogP contribution in [0, 0.1) is 176 Å². The van der Waals surface area contributed by atoms with Crippen molar-refractivity contribution in [2.75, 3.05) is 0 Å². The predicted molar refractivity (Wildman–Crippen MR) is 294 cm³/mol. The van der Waals surface area contributed by atoms with E-state index in [9.17, 15) is 4.79 Å². The van der Waals surface area contributed by atoms with Crippen molar-refractivity contribution in [3.05, 3.63) is 21.6 Å². The molecule has 0 aliphatic rings. The lowest BCUT2D eigenvalue weighted by Gasteiger charge is -2.15. The summed E-state index contributed by atoms with van der Waals surface area (Å²) in [5, 5.41) is 8.96. The molecule has 1 N–H and O–H groups in total. The summed E-state index contributed by atoms with van der Waals surface area (Å²) in [7, 11) is 0. The van der Waals surface area contributed by atoms with Gasteiger partial charge in [-0.2, -0.15) is 0 Å². The average molecular weight is 817 g/mol. The molecule has 0 radical (unpaired) electrons. The zero-order valence-corrected chi connectivity index (χ0v) is 35.2. The van der Waals surface area contributed by atoms with E-state index in [4.69, 9.17) is 21.5 Å². The first kappa shape index (κ1) is 55.4. The van der Waals surface area contributed by atoms with Crippen molar-refractivity contribution in [2.45, 2.75) is 150 Å². The fourth-order valence-electron chi connectivity index (χ4n) is 5.11. The molecule has 0 aromatic heterocycles. The molecule has 0 aromatic carbocycles. The van der Waals surface area contributed by atoms with Gasteiger partial charge in [0.25, 0.3) is 0 Å². The molecule has 0 rings (SSSR count). The number of allylic oxidation sites excluding steroid dienone is 1. The van der Waals surface area contributed by atoms with Gasteiger partial charge in [-0.3, -0.25) is 0 Å². The van der Waals surface area contributed by atoms with Crippen molar-refractivity contribution in [2.24, 2.45) is 11.8 Å². The Morgan fingerprint density at radius 2 is 0.793 bits per heavy atom. The highest BCUT2D eigenvalue weighted by atomic mass is 16.7. The molecule has 0 unspecified atom stereocenters. The summed E-state index contributed by atoms with van der Waals surface area (Å²) in [5.41, 5.74) is 0.479. The van der Waals surface area contributed by atoms with Gasteiger partial charge in [0.15, 0.2) is 0 Å². The number of rotatable bonds is 21. The standard InChI is InChI=1S/C27H52O2.C27H4.O2.24H2/c1-5-6-7-8-9-10-11-12-13-14-15-16-17-18-19-20-21-24(2)22-25(3)23-26(4)27(28)29;1-3-5-7-9-11-13-15-17-19-21-23-25-27-26-24-22-20-18-16-14-12-10-8-6-4-2;1-2;;;;;;;;;;;;;;;;;;;;;;;;/h23-25H,5-22H2,1-4H3,(H,28,29);1H,2H3;;24*1H/b26-23+;;;;;;;;;;;;;;;;;;;;;;;;;;/t24-,25-;;;;;;;;;;;;;;;;;;;;;;;;;;/m0........................../s1. The second-order valence-corrected chi connectivity index (χ2v) is 12.8. The van der Waals surface area contributed by atoms with Crippen LogP contribution in [0.25, 0.3) is 0 Å². The van der Waals surface area contributed by atoms with Crippen LogP contribution >= 0.6 is 0 Å². The normalized spacial score (nSPS) is 8.93. The lowest BCUT2D eigenvalue weighted by atomic mass is 9.91. The molecule has 58 heavy (non-hydrogen) atoms. The molecule has 0 saturated carbocycles. The number of carboxylic acids is 1. The molecular weight excluding hydrogens is 713 g/mol. The minimum atomic E-state index is -0.790. The van der Waals surface area contributed by atoms with E-state index >= 15 is 0 Å². The number of aliphatic carboxylic acids is 1. The van der Waals surface area contributed by atoms with Crippen LogP contribution in [0.2, 0.25) is 0 Å². The molecule has 4 heteroatoms. The highest BCUT2D eigenvalue weighted by Gasteiger charge is 2.09. The highest BCUT2D eigenvalue weighted by Crippen LogP contribution is 2.21. The summed E-state index contributed by atoms with van der Waals surface area (Å²) in [6.07, 6.45) is 31.9. The van der Waals surface area contributed by atoms with E-state index in [1.165, 1.54) is 109 Å². The molecule has 344 valence electrons. The average Bonchev–Trinajstić information content (AvgIpc) is 3.21. The fraction of sp³-hybridized carbons (Fsp3) is 0.463. The maximum absolute atomic E-state index is 10.9. The molecule has 0 saturated heterocycles. The van der Waals surface area contributed by atoms with Crippen LogP contribution in [0.4, 0.5) is 0 Å². The smallest absolute Gasteiger partial charge is 0.330 e. The molecule has 0 bridgehead atoms. The first-order chi connectivity index (χ1) is 28.4. The minimum Gasteiger partial charge on any atom is -0.478 e. The lowest BCUT2D eigenvalue weighted by molar-refractivity contribution is -0.132. The number of terminal acetylenes is 1. The maximum atomic E-state index is 10.9. The predicted octanol–water partition coefficient (Wildman–Crippen LogP) is 16.0. The Morgan fingerprint density at radius 3 is 1.07 bits per heavy atom. The Hall–Kier alpha value is -6.91. The van der Waals surface area contributed by atoms with Crippen LogP contribution in [-0.2, 0) is 4.79 Å². The summed E-state index contributed by atoms with van der Waals surface area (Å²) in [4.78, 5) is 24.9. The van der Waals surface area contributed by atoms with Gasteiger partial charge in [0.2, 0.25) is 0 Å². The zero-order chi connectivity index (χ0) is 43.4. The molecule has 0 fully saturated rings. The zero-order valence-electron chi connectivity index (χ0n) is 35.2. The largest absolute Gasteiger partial charge is 0.478 e. The second-order valence-electron chi connectivity index (χ2n) is 12.8. The number of carbonyl (C=O) groups is 1. The molecule has 0 aliphatic heterocycles. The van der Waals surface area contributed by atoms with Crippen LogP contribution in [0.1, 0.15) is 184 Å². The van der Waals surface area contributed by atoms with E-state index < -0.39 is 5.97 Å². The molecule has 2 atom stereocenters. The molecule has 0 amide bonds. The van der Waals surface area contributed by atoms with Crippen LogP contribution in [0.3, 0.4) is 0 Å². The number of carboxylic acid groups (broad SMARTS) is 1. The quantitative estimate of drug-likeness (QED) is 0.0711. The van der Waals surface area contributed by atoms with Crippen LogP contribution in [0.5, 0.6) is 0 Å². The molecule has 4 nitrogen and oxygen atoms in total. The van der Waals surface area contributed by atoms with E-state index in [0.29, 0.717) is 17.4 Å². The van der Waals surface area contributed by atoms with Crippen LogP contribution in [0.15, 0.2) is 11.6 Å². The van der Waals surface area contributed by atoms with E-state index in [1.54, 1.807) is 13.8 Å². The molecule has 0 aromatic rings. The Kier molecular flexibility index (Phi) is 47.9. The van der Waals surface area contributed by atoms with Gasteiger partial charge in [-0.1, -0.05) is 142 Å². The Bertz CT molecular complexity index is 2120. The summed E-state index contributed by atoms with van der Waals surface area (Å²) >= 11 is 0. The topological polar surface area (TPSA) is 71.4 Å². The van der Waals surface area contributed by atoms with Crippen molar-refractivity contribution in [1.29, 1.82) is 0 Å². The monoisotopic (exact) mass is 817 g/mol. The third-order valence-corrected chi connectivity index (χ3v) is 7.77. The Labute approximate surface area is 388 Å². The van der Waals surface area contributed by atoms with Gasteiger partial charge >= 0.3 is 5.97 Å². The van der Waals surface area contributed by atoms with E-state index in [2.05, 4.69) is 169 Å². The SMILES string of the molecule is C#CC#CC#CC#CC#CC#CC#CC#CC#CC#CC#CC#CC#CC.CCCCCCCCCCCCCCCCCC[C@H](C)C[C@H](C)/C=C(\C)C(=O)O.O=O.[HH].[HH].[HH].[HH].[HH].[HH].[HH].[HH].[HH].[HH].[HH].[HH].[HH].[HH].[HH].[HH].[HH].[HH].[HH].[HH].[HH].[HH].[HH].[HH]. The second kappa shape index (κ2) is 50.1. The van der Waals surface area contributed by atoms with Crippen molar-refractivity contribution in [3.8, 4) is 154 Å². The van der Waals surface area contributed by atoms with Gasteiger partial charge in [0, 0.05) is 97.1 Å². The summed E-state index contributed by atoms with van der Waals surface area (Å²) in [6.45, 7) is 10.1. The maximum Gasteiger partial charge on any atom is 0.330 e. The first-order valence-corrected chi connectivity index (χ1v) is 19.8. The Balaban J connectivity index is -0.0000000223. The van der Waals surface area contributed by atoms with E-state index in [-0.39, 0.29) is 34.2 Å². The Morgan fingerprint density at radius 1 is 0.517 bits per heavy atom. The molecule has 0 aliphatic carbocycles. The van der Waals surface area contributed by atoms with Gasteiger partial charge in [0.05, 0.1) is 0 Å². The minimum absolute atomic E-state index is 0. The van der Waals surface area contributed by atoms with Crippen molar-refractivity contribution in [1.82, 2.24) is 0 Å². The molecule has 0 heterocycles. The van der Waals surface area contributed by atoms with Crippen molar-refractivity contribution in [3.63, 3.8) is 0 Å². The number of unbranched alkanes of at least 4 members (excludes halogenated alkanes) is 15. The number of hydrogen-bond donors (Lipinski definition) is 1. The molecular formula is C54H104O4. The lowest BCUT2D eigenvalue weighted by Crippen LogP contribution is -2.04. The first-order valence-electron chi connectivity index (χ1n) is 19.8. The summed E-state index contributed by atoms with van der Waals surface area (Å²) in [5.74, 6) is 62.2. The van der Waals surface area contributed by atoms with Crippen molar-refractivity contribution < 1.29 is 44.1 Å². The summed E-state index contributed by atoms with van der Waals surface area (Å²) < 4.78 is 0. The molecule has 0 spiro atoms. The number of hydrogen-bond acceptors (Lipinski definition) is 3. The van der Waals surface area contributed by atoms with E-state index in [1.807, 2.05) is 6.08 Å². The van der Waals surface area contributed by atoms with Gasteiger partial charge in [-0.15, -0.1) is 6.42 Å². The van der Waals surface area contributed by atoms with Gasteiger partial charge < -0.3 is 5.11 Å². The third-order valence-electron chi connectivity index (χ3n) is 7.77. The third kappa shape index (κ3) is 51.2. The summed E-state index contributed by atoms with van der Waals surface area (Å²) in [6, 6.07) is 0. The van der Waals surface area contributed by atoms with Crippen LogP contribution < -0.4 is 0 Å². The highest BCUT2D eigenvalue weighted by molar-refractivity contribution is 5.85. The van der Waals surface area contributed by atoms with Crippen LogP contribution in [-0.4, -0.2) is 11.1 Å². The van der Waals surface area contributed by atoms with Crippen molar-refractivity contribution >= 4 is 5.97 Å². The van der Waals surface area contributed by atoms with Gasteiger partial charge in [-0.05, 0) is 127 Å². The van der Waals surface area contributed by atoms with Gasteiger partial charge in [-0.25, -0.2) is 4.79 Å². The fourth-order valence-corrected chi connectivity index (χ4v) is 5.11.